The van der Waals surface area contributed by atoms with Crippen molar-refractivity contribution in [1.82, 2.24) is 20.2 Å². The van der Waals surface area contributed by atoms with Crippen LogP contribution in [0.2, 0.25) is 0 Å². The zero-order chi connectivity index (χ0) is 18.7. The third-order valence-electron chi connectivity index (χ3n) is 3.67. The lowest BCUT2D eigenvalue weighted by Crippen LogP contribution is -2.14. The third-order valence-corrected chi connectivity index (χ3v) is 4.53. The van der Waals surface area contributed by atoms with Crippen molar-refractivity contribution in [1.29, 1.82) is 0 Å². The SMILES string of the molecule is CCOC(=O)c1c(C)[nH]c(C(=O)Nc2nnc(-c3ccccn3)s2)c1C. The minimum Gasteiger partial charge on any atom is -0.462 e. The number of nitrogens with zero attached hydrogens (tertiary/aromatic N) is 3. The number of carbonyl (C=O) groups excluding carboxylic acids is 2. The monoisotopic (exact) mass is 371 g/mol. The molecule has 8 nitrogen and oxygen atoms in total. The van der Waals surface area contributed by atoms with Crippen molar-refractivity contribution in [2.75, 3.05) is 11.9 Å². The number of esters is 1. The van der Waals surface area contributed by atoms with Crippen LogP contribution in [0.4, 0.5) is 5.13 Å². The van der Waals surface area contributed by atoms with Gasteiger partial charge in [0.1, 0.15) is 11.4 Å². The number of anilines is 1. The molecule has 0 atom stereocenters. The molecule has 0 aliphatic heterocycles. The molecule has 0 saturated heterocycles. The summed E-state index contributed by atoms with van der Waals surface area (Å²) in [6.45, 7) is 5.42. The summed E-state index contributed by atoms with van der Waals surface area (Å²) in [5.41, 5.74) is 2.47. The number of aromatic amines is 1. The van der Waals surface area contributed by atoms with E-state index in [9.17, 15) is 9.59 Å². The third kappa shape index (κ3) is 3.47. The zero-order valence-electron chi connectivity index (χ0n) is 14.5. The number of nitrogens with one attached hydrogen (secondary N) is 2. The maximum atomic E-state index is 12.6. The number of hydrogen-bond donors (Lipinski definition) is 2. The highest BCUT2D eigenvalue weighted by Gasteiger charge is 2.23. The molecule has 1 amide bonds. The molecular formula is C17H17N5O3S. The number of pyridine rings is 1. The van der Waals surface area contributed by atoms with E-state index in [0.29, 0.717) is 38.3 Å². The first-order valence-electron chi connectivity index (χ1n) is 7.93. The zero-order valence-corrected chi connectivity index (χ0v) is 15.3. The molecule has 0 aliphatic rings. The molecule has 3 aromatic heterocycles. The Bertz CT molecular complexity index is 949. The number of aryl methyl sites for hydroxylation is 1. The van der Waals surface area contributed by atoms with Crippen LogP contribution in [0.5, 0.6) is 0 Å². The second kappa shape index (κ2) is 7.44. The van der Waals surface area contributed by atoms with Crippen molar-refractivity contribution in [3.8, 4) is 10.7 Å². The van der Waals surface area contributed by atoms with Crippen LogP contribution in [-0.4, -0.2) is 38.6 Å². The highest BCUT2D eigenvalue weighted by Crippen LogP contribution is 2.25. The molecule has 0 unspecified atom stereocenters. The second-order valence-electron chi connectivity index (χ2n) is 5.43. The molecule has 0 saturated carbocycles. The Morgan fingerprint density at radius 2 is 2.08 bits per heavy atom. The van der Waals surface area contributed by atoms with Crippen LogP contribution in [0.15, 0.2) is 24.4 Å². The number of amides is 1. The van der Waals surface area contributed by atoms with Gasteiger partial charge in [-0.05, 0) is 38.5 Å². The topological polar surface area (TPSA) is 110 Å². The van der Waals surface area contributed by atoms with E-state index in [1.807, 2.05) is 18.2 Å². The highest BCUT2D eigenvalue weighted by molar-refractivity contribution is 7.18. The first-order valence-corrected chi connectivity index (χ1v) is 8.75. The summed E-state index contributed by atoms with van der Waals surface area (Å²) in [4.78, 5) is 31.7. The fourth-order valence-corrected chi connectivity index (χ4v) is 3.23. The van der Waals surface area contributed by atoms with Gasteiger partial charge < -0.3 is 9.72 Å². The minimum atomic E-state index is -0.453. The highest BCUT2D eigenvalue weighted by atomic mass is 32.1. The quantitative estimate of drug-likeness (QED) is 0.667. The lowest BCUT2D eigenvalue weighted by molar-refractivity contribution is 0.0525. The minimum absolute atomic E-state index is 0.269. The molecule has 0 bridgehead atoms. The van der Waals surface area contributed by atoms with Crippen molar-refractivity contribution >= 4 is 28.3 Å². The van der Waals surface area contributed by atoms with Crippen LogP contribution >= 0.6 is 11.3 Å². The fourth-order valence-electron chi connectivity index (χ4n) is 2.51. The Kier molecular flexibility index (Phi) is 5.08. The number of ether oxygens (including phenoxy) is 1. The summed E-state index contributed by atoms with van der Waals surface area (Å²) in [5, 5.41) is 11.7. The Labute approximate surface area is 153 Å². The van der Waals surface area contributed by atoms with Gasteiger partial charge in [-0.1, -0.05) is 17.4 Å². The summed E-state index contributed by atoms with van der Waals surface area (Å²) in [6, 6.07) is 5.48. The predicted octanol–water partition coefficient (Wildman–Crippen LogP) is 2.97. The van der Waals surface area contributed by atoms with Gasteiger partial charge in [-0.3, -0.25) is 15.1 Å². The summed E-state index contributed by atoms with van der Waals surface area (Å²) in [7, 11) is 0. The second-order valence-corrected chi connectivity index (χ2v) is 6.40. The summed E-state index contributed by atoms with van der Waals surface area (Å²) in [6.07, 6.45) is 1.66. The molecule has 3 aromatic rings. The van der Waals surface area contributed by atoms with Crippen LogP contribution in [-0.2, 0) is 4.74 Å². The number of H-pyrrole nitrogens is 1. The molecule has 26 heavy (non-hydrogen) atoms. The van der Waals surface area contributed by atoms with E-state index in [1.165, 1.54) is 11.3 Å². The van der Waals surface area contributed by atoms with E-state index in [1.54, 1.807) is 27.0 Å². The van der Waals surface area contributed by atoms with E-state index < -0.39 is 11.9 Å². The summed E-state index contributed by atoms with van der Waals surface area (Å²) in [5.74, 6) is -0.851. The van der Waals surface area contributed by atoms with E-state index in [-0.39, 0.29) is 6.61 Å². The van der Waals surface area contributed by atoms with Crippen molar-refractivity contribution < 1.29 is 14.3 Å². The number of carbonyl (C=O) groups is 2. The van der Waals surface area contributed by atoms with Crippen molar-refractivity contribution in [3.63, 3.8) is 0 Å². The van der Waals surface area contributed by atoms with Crippen molar-refractivity contribution in [2.24, 2.45) is 0 Å². The smallest absolute Gasteiger partial charge is 0.340 e. The molecule has 3 heterocycles. The van der Waals surface area contributed by atoms with Crippen LogP contribution < -0.4 is 5.32 Å². The van der Waals surface area contributed by atoms with E-state index in [2.05, 4.69) is 25.5 Å². The van der Waals surface area contributed by atoms with Gasteiger partial charge in [0.15, 0.2) is 5.01 Å². The van der Waals surface area contributed by atoms with Crippen LogP contribution in [0.3, 0.4) is 0 Å². The van der Waals surface area contributed by atoms with Gasteiger partial charge in [-0.25, -0.2) is 4.79 Å². The summed E-state index contributed by atoms with van der Waals surface area (Å²) >= 11 is 1.22. The molecule has 0 spiro atoms. The van der Waals surface area contributed by atoms with Gasteiger partial charge in [0.25, 0.3) is 5.91 Å². The molecule has 9 heteroatoms. The Morgan fingerprint density at radius 1 is 1.27 bits per heavy atom. The lowest BCUT2D eigenvalue weighted by Gasteiger charge is -2.03. The van der Waals surface area contributed by atoms with E-state index >= 15 is 0 Å². The molecule has 0 fully saturated rings. The Morgan fingerprint density at radius 3 is 2.77 bits per heavy atom. The van der Waals surface area contributed by atoms with E-state index in [0.717, 1.165) is 0 Å². The number of aromatic nitrogens is 4. The van der Waals surface area contributed by atoms with Gasteiger partial charge in [-0.2, -0.15) is 0 Å². The fraction of sp³-hybridized carbons (Fsp3) is 0.235. The number of hydrogen-bond acceptors (Lipinski definition) is 7. The van der Waals surface area contributed by atoms with Gasteiger partial charge in [-0.15, -0.1) is 10.2 Å². The Balaban J connectivity index is 1.80. The summed E-state index contributed by atoms with van der Waals surface area (Å²) < 4.78 is 5.04. The Hall–Kier alpha value is -3.07. The van der Waals surface area contributed by atoms with E-state index in [4.69, 9.17) is 4.74 Å². The van der Waals surface area contributed by atoms with Crippen LogP contribution in [0, 0.1) is 13.8 Å². The maximum absolute atomic E-state index is 12.6. The first-order chi connectivity index (χ1) is 12.5. The standard InChI is InChI=1S/C17H17N5O3S/c1-4-25-16(24)12-9(2)13(19-10(12)3)14(23)20-17-22-21-15(26-17)11-7-5-6-8-18-11/h5-8,19H,4H2,1-3H3,(H,20,22,23). The van der Waals surface area contributed by atoms with Gasteiger partial charge in [0.05, 0.1) is 12.2 Å². The van der Waals surface area contributed by atoms with Crippen molar-refractivity contribution in [3.05, 3.63) is 46.9 Å². The molecular weight excluding hydrogens is 354 g/mol. The molecule has 0 aromatic carbocycles. The van der Waals surface area contributed by atoms with Gasteiger partial charge in [0, 0.05) is 11.9 Å². The average Bonchev–Trinajstić information content (AvgIpc) is 3.20. The van der Waals surface area contributed by atoms with Gasteiger partial charge in [0.2, 0.25) is 5.13 Å². The molecule has 2 N–H and O–H groups in total. The molecule has 0 radical (unpaired) electrons. The van der Waals surface area contributed by atoms with Crippen molar-refractivity contribution in [2.45, 2.75) is 20.8 Å². The van der Waals surface area contributed by atoms with Crippen LogP contribution in [0.1, 0.15) is 39.0 Å². The van der Waals surface area contributed by atoms with Crippen LogP contribution in [0.25, 0.3) is 10.7 Å². The molecule has 3 rings (SSSR count). The predicted molar refractivity (Wildman–Crippen MR) is 97.3 cm³/mol. The molecule has 0 aliphatic carbocycles. The lowest BCUT2D eigenvalue weighted by atomic mass is 10.1. The normalized spacial score (nSPS) is 10.6. The molecule has 134 valence electrons. The maximum Gasteiger partial charge on any atom is 0.340 e. The first kappa shape index (κ1) is 17.7. The number of rotatable bonds is 5. The van der Waals surface area contributed by atoms with Gasteiger partial charge >= 0.3 is 5.97 Å². The average molecular weight is 371 g/mol. The largest absolute Gasteiger partial charge is 0.462 e.